The van der Waals surface area contributed by atoms with Crippen molar-refractivity contribution in [2.24, 2.45) is 0 Å². The average Bonchev–Trinajstić information content (AvgIpc) is 2.00. The molecule has 0 aromatic heterocycles. The highest BCUT2D eigenvalue weighted by atomic mass is 32.2. The summed E-state index contributed by atoms with van der Waals surface area (Å²) in [6, 6.07) is 0. The lowest BCUT2D eigenvalue weighted by molar-refractivity contribution is 0.328. The van der Waals surface area contributed by atoms with Crippen molar-refractivity contribution in [3.63, 3.8) is 0 Å². The summed E-state index contributed by atoms with van der Waals surface area (Å²) in [6.45, 7) is 12.2. The zero-order chi connectivity index (χ0) is 12.1. The molecule has 0 spiro atoms. The van der Waals surface area contributed by atoms with Gasteiger partial charge in [-0.3, -0.25) is 0 Å². The van der Waals surface area contributed by atoms with Gasteiger partial charge in [0.1, 0.15) is 5.75 Å². The lowest BCUT2D eigenvalue weighted by Gasteiger charge is -2.35. The molecule has 0 saturated carbocycles. The van der Waals surface area contributed by atoms with Crippen LogP contribution in [0.5, 0.6) is 0 Å². The minimum Gasteiger partial charge on any atom is -0.413 e. The van der Waals surface area contributed by atoms with Gasteiger partial charge >= 0.3 is 0 Å². The third-order valence-corrected chi connectivity index (χ3v) is 8.30. The topological polar surface area (TPSA) is 9.23 Å². The summed E-state index contributed by atoms with van der Waals surface area (Å²) in [5.41, 5.74) is 0. The Hall–Kier alpha value is 0.267. The molecule has 1 nitrogen and oxygen atoms in total. The molecule has 15 heavy (non-hydrogen) atoms. The van der Waals surface area contributed by atoms with Gasteiger partial charge in [0.2, 0.25) is 0 Å². The maximum atomic E-state index is 6.03. The quantitative estimate of drug-likeness (QED) is 0.411. The smallest absolute Gasteiger partial charge is 0.192 e. The predicted molar refractivity (Wildman–Crippen MR) is 76.4 cm³/mol. The van der Waals surface area contributed by atoms with Crippen LogP contribution in [-0.4, -0.2) is 33.2 Å². The van der Waals surface area contributed by atoms with Gasteiger partial charge < -0.3 is 4.43 Å². The highest BCUT2D eigenvalue weighted by molar-refractivity contribution is 7.95. The third kappa shape index (κ3) is 6.43. The number of hydrogen-bond donors (Lipinski definition) is 0. The second kappa shape index (κ2) is 6.11. The molecule has 3 heteroatoms. The Bertz CT molecular complexity index is 204. The van der Waals surface area contributed by atoms with Crippen molar-refractivity contribution >= 4 is 19.2 Å². The highest BCUT2D eigenvalue weighted by Crippen LogP contribution is 2.36. The van der Waals surface area contributed by atoms with Crippen molar-refractivity contribution in [1.29, 1.82) is 0 Å². The lowest BCUT2D eigenvalue weighted by Crippen LogP contribution is -2.40. The summed E-state index contributed by atoms with van der Waals surface area (Å²) in [6.07, 6.45) is 8.95. The van der Waals surface area contributed by atoms with Crippen LogP contribution in [0.2, 0.25) is 18.1 Å². The minimum absolute atomic E-state index is 0.320. The second-order valence-corrected chi connectivity index (χ2v) is 12.8. The maximum absolute atomic E-state index is 6.03. The molecule has 0 amide bonds. The van der Waals surface area contributed by atoms with Gasteiger partial charge in [-0.15, -0.1) is 0 Å². The summed E-state index contributed by atoms with van der Waals surface area (Å²) in [7, 11) is -1.02. The first-order valence-corrected chi connectivity index (χ1v) is 10.6. The van der Waals surface area contributed by atoms with Crippen LogP contribution < -0.4 is 0 Å². The molecule has 0 heterocycles. The zero-order valence-electron chi connectivity index (χ0n) is 11.4. The molecule has 0 saturated heterocycles. The SMILES string of the molecule is C[S+](C)C/C=C\CO[Si](C)(C)C(C)(C)C. The Labute approximate surface area is 99.8 Å². The molecule has 0 unspecified atom stereocenters. The molecule has 0 aliphatic rings. The monoisotopic (exact) mass is 247 g/mol. The van der Waals surface area contributed by atoms with E-state index in [9.17, 15) is 0 Å². The van der Waals surface area contributed by atoms with Crippen LogP contribution in [0.4, 0.5) is 0 Å². The third-order valence-electron chi connectivity index (χ3n) is 2.94. The van der Waals surface area contributed by atoms with Gasteiger partial charge in [0.25, 0.3) is 0 Å². The first-order chi connectivity index (χ1) is 6.67. The van der Waals surface area contributed by atoms with E-state index in [4.69, 9.17) is 4.43 Å². The van der Waals surface area contributed by atoms with Gasteiger partial charge in [-0.25, -0.2) is 0 Å². The Morgan fingerprint density at radius 3 is 2.07 bits per heavy atom. The second-order valence-electron chi connectivity index (χ2n) is 5.69. The largest absolute Gasteiger partial charge is 0.413 e. The molecule has 0 fully saturated rings. The van der Waals surface area contributed by atoms with Crippen molar-refractivity contribution in [2.75, 3.05) is 24.9 Å². The summed E-state index contributed by atoms with van der Waals surface area (Å²) >= 11 is 0. The van der Waals surface area contributed by atoms with E-state index < -0.39 is 8.32 Å². The first-order valence-electron chi connectivity index (χ1n) is 5.50. The molecule has 0 aromatic carbocycles. The van der Waals surface area contributed by atoms with E-state index in [0.29, 0.717) is 15.9 Å². The van der Waals surface area contributed by atoms with Gasteiger partial charge in [-0.05, 0) is 35.1 Å². The van der Waals surface area contributed by atoms with Gasteiger partial charge in [0.05, 0.1) is 19.1 Å². The van der Waals surface area contributed by atoms with E-state index in [-0.39, 0.29) is 0 Å². The fraction of sp³-hybridized carbons (Fsp3) is 0.833. The summed E-state index contributed by atoms with van der Waals surface area (Å²) < 4.78 is 6.03. The molecule has 0 rings (SSSR count). The molecule has 90 valence electrons. The van der Waals surface area contributed by atoms with Gasteiger partial charge in [-0.1, -0.05) is 26.8 Å². The molecule has 0 N–H and O–H groups in total. The standard InChI is InChI=1S/C12H27OSSi/c1-12(2,3)15(6,7)13-10-8-9-11-14(4)5/h8-9H,10-11H2,1-7H3/q+1/b9-8-. The van der Waals surface area contributed by atoms with Crippen LogP contribution in [0.3, 0.4) is 0 Å². The molecule has 0 aromatic rings. The van der Waals surface area contributed by atoms with Crippen LogP contribution in [0.15, 0.2) is 12.2 Å². The molecule has 0 radical (unpaired) electrons. The van der Waals surface area contributed by atoms with Gasteiger partial charge in [-0.2, -0.15) is 0 Å². The fourth-order valence-electron chi connectivity index (χ4n) is 0.801. The Balaban J connectivity index is 3.91. The maximum Gasteiger partial charge on any atom is 0.192 e. The van der Waals surface area contributed by atoms with Crippen molar-refractivity contribution in [3.8, 4) is 0 Å². The summed E-state index contributed by atoms with van der Waals surface area (Å²) in [5.74, 6) is 1.18. The van der Waals surface area contributed by atoms with Crippen LogP contribution in [0, 0.1) is 0 Å². The van der Waals surface area contributed by atoms with E-state index >= 15 is 0 Å². The van der Waals surface area contributed by atoms with E-state index in [1.165, 1.54) is 5.75 Å². The van der Waals surface area contributed by atoms with Crippen molar-refractivity contribution in [3.05, 3.63) is 12.2 Å². The first kappa shape index (κ1) is 15.3. The molecule has 0 aliphatic heterocycles. The van der Waals surface area contributed by atoms with Crippen molar-refractivity contribution in [1.82, 2.24) is 0 Å². The van der Waals surface area contributed by atoms with Crippen LogP contribution in [0.1, 0.15) is 20.8 Å². The van der Waals surface area contributed by atoms with Gasteiger partial charge in [0.15, 0.2) is 8.32 Å². The summed E-state index contributed by atoms with van der Waals surface area (Å²) in [5, 5.41) is 0.320. The molecule has 0 aliphatic carbocycles. The Morgan fingerprint density at radius 1 is 1.13 bits per heavy atom. The molecule has 0 atom stereocenters. The normalized spacial score (nSPS) is 14.1. The molecule has 0 bridgehead atoms. The summed E-state index contributed by atoms with van der Waals surface area (Å²) in [4.78, 5) is 0. The predicted octanol–water partition coefficient (Wildman–Crippen LogP) is 3.44. The van der Waals surface area contributed by atoms with E-state index in [2.05, 4.69) is 58.5 Å². The van der Waals surface area contributed by atoms with Crippen LogP contribution in [-0.2, 0) is 15.3 Å². The van der Waals surface area contributed by atoms with Crippen molar-refractivity contribution in [2.45, 2.75) is 38.9 Å². The van der Waals surface area contributed by atoms with E-state index in [1.807, 2.05) is 0 Å². The van der Waals surface area contributed by atoms with E-state index in [0.717, 1.165) is 6.61 Å². The van der Waals surface area contributed by atoms with E-state index in [1.54, 1.807) is 0 Å². The van der Waals surface area contributed by atoms with Crippen LogP contribution >= 0.6 is 0 Å². The average molecular weight is 247 g/mol. The van der Waals surface area contributed by atoms with Crippen LogP contribution in [0.25, 0.3) is 0 Å². The Morgan fingerprint density at radius 2 is 1.67 bits per heavy atom. The minimum atomic E-state index is -1.53. The number of rotatable bonds is 5. The molecular formula is C12H27OSSi+. The van der Waals surface area contributed by atoms with Crippen molar-refractivity contribution < 1.29 is 4.43 Å². The zero-order valence-corrected chi connectivity index (χ0v) is 13.2. The molecular weight excluding hydrogens is 220 g/mol. The fourth-order valence-corrected chi connectivity index (χ4v) is 2.27. The van der Waals surface area contributed by atoms with Gasteiger partial charge in [0, 0.05) is 0 Å². The number of hydrogen-bond acceptors (Lipinski definition) is 1. The lowest BCUT2D eigenvalue weighted by atomic mass is 10.2. The highest BCUT2D eigenvalue weighted by Gasteiger charge is 2.36. The Kier molecular flexibility index (Phi) is 6.22.